The van der Waals surface area contributed by atoms with E-state index in [1.165, 1.54) is 11.1 Å². The Morgan fingerprint density at radius 1 is 0.731 bits per heavy atom. The summed E-state index contributed by atoms with van der Waals surface area (Å²) in [5.41, 5.74) is 4.51. The van der Waals surface area contributed by atoms with E-state index in [2.05, 4.69) is 58.7 Å². The lowest BCUT2D eigenvalue weighted by Crippen LogP contribution is -1.96. The second kappa shape index (κ2) is 7.58. The second-order valence-electron chi connectivity index (χ2n) is 6.01. The lowest BCUT2D eigenvalue weighted by atomic mass is 10.0. The first-order valence-corrected chi connectivity index (χ1v) is 9.35. The Balaban J connectivity index is 1.66. The molecule has 0 atom stereocenters. The first-order valence-electron chi connectivity index (χ1n) is 8.47. The zero-order valence-corrected chi connectivity index (χ0v) is 15.2. The van der Waals surface area contributed by atoms with E-state index in [0.29, 0.717) is 11.1 Å². The van der Waals surface area contributed by atoms with Crippen LogP contribution in [0.25, 0.3) is 11.5 Å². The predicted molar refractivity (Wildman–Crippen MR) is 105 cm³/mol. The maximum Gasteiger partial charge on any atom is 0.277 e. The topological polar surface area (TPSA) is 38.9 Å². The number of aryl methyl sites for hydroxylation is 1. The van der Waals surface area contributed by atoms with Crippen LogP contribution in [0, 0.1) is 6.92 Å². The van der Waals surface area contributed by atoms with Gasteiger partial charge in [0.25, 0.3) is 5.22 Å². The first kappa shape index (κ1) is 16.6. The average molecular weight is 358 g/mol. The Bertz CT molecular complexity index is 944. The molecule has 0 saturated carbocycles. The molecule has 128 valence electrons. The van der Waals surface area contributed by atoms with E-state index in [4.69, 9.17) is 4.42 Å². The molecule has 3 aromatic carbocycles. The number of hydrogen-bond donors (Lipinski definition) is 0. The number of aromatic nitrogens is 2. The Kier molecular flexibility index (Phi) is 4.84. The Hall–Kier alpha value is -2.85. The van der Waals surface area contributed by atoms with Crippen molar-refractivity contribution in [2.75, 3.05) is 0 Å². The highest BCUT2D eigenvalue weighted by Crippen LogP contribution is 2.40. The van der Waals surface area contributed by atoms with Gasteiger partial charge in [0.05, 0.1) is 5.25 Å². The van der Waals surface area contributed by atoms with Crippen LogP contribution < -0.4 is 0 Å². The van der Waals surface area contributed by atoms with Crippen LogP contribution in [0.5, 0.6) is 0 Å². The van der Waals surface area contributed by atoms with Crippen molar-refractivity contribution in [3.63, 3.8) is 0 Å². The molecule has 0 radical (unpaired) electrons. The fourth-order valence-corrected chi connectivity index (χ4v) is 3.87. The number of benzene rings is 3. The molecule has 26 heavy (non-hydrogen) atoms. The van der Waals surface area contributed by atoms with Crippen molar-refractivity contribution in [2.24, 2.45) is 0 Å². The van der Waals surface area contributed by atoms with E-state index >= 15 is 0 Å². The molecule has 0 aliphatic carbocycles. The van der Waals surface area contributed by atoms with Crippen molar-refractivity contribution in [1.29, 1.82) is 0 Å². The molecule has 4 aromatic rings. The van der Waals surface area contributed by atoms with Crippen molar-refractivity contribution in [1.82, 2.24) is 10.2 Å². The average Bonchev–Trinajstić information content (AvgIpc) is 3.16. The molecule has 0 unspecified atom stereocenters. The van der Waals surface area contributed by atoms with E-state index in [9.17, 15) is 0 Å². The van der Waals surface area contributed by atoms with Gasteiger partial charge in [-0.1, -0.05) is 90.6 Å². The summed E-state index contributed by atoms with van der Waals surface area (Å²) in [5.74, 6) is 0.561. The van der Waals surface area contributed by atoms with Gasteiger partial charge >= 0.3 is 0 Å². The van der Waals surface area contributed by atoms with Gasteiger partial charge in [-0.3, -0.25) is 0 Å². The Morgan fingerprint density at radius 2 is 1.31 bits per heavy atom. The third-order valence-electron chi connectivity index (χ3n) is 4.21. The molecule has 4 rings (SSSR count). The van der Waals surface area contributed by atoms with Crippen LogP contribution in [0.1, 0.15) is 21.9 Å². The first-order chi connectivity index (χ1) is 12.8. The van der Waals surface area contributed by atoms with Gasteiger partial charge in [-0.05, 0) is 29.7 Å². The molecule has 0 saturated heterocycles. The van der Waals surface area contributed by atoms with Crippen molar-refractivity contribution in [3.05, 3.63) is 102 Å². The summed E-state index contributed by atoms with van der Waals surface area (Å²) in [6.07, 6.45) is 0. The van der Waals surface area contributed by atoms with E-state index in [1.807, 2.05) is 43.3 Å². The lowest BCUT2D eigenvalue weighted by molar-refractivity contribution is 0.465. The summed E-state index contributed by atoms with van der Waals surface area (Å²) in [6.45, 7) is 2.04. The van der Waals surface area contributed by atoms with Crippen molar-refractivity contribution < 1.29 is 4.42 Å². The second-order valence-corrected chi connectivity index (χ2v) is 7.06. The normalized spacial score (nSPS) is 11.0. The molecule has 0 bridgehead atoms. The van der Waals surface area contributed by atoms with Gasteiger partial charge in [-0.15, -0.1) is 10.2 Å². The molecule has 4 heteroatoms. The van der Waals surface area contributed by atoms with E-state index < -0.39 is 0 Å². The van der Waals surface area contributed by atoms with Gasteiger partial charge in [0.2, 0.25) is 5.89 Å². The third kappa shape index (κ3) is 3.55. The smallest absolute Gasteiger partial charge is 0.277 e. The van der Waals surface area contributed by atoms with Crippen LogP contribution in [0.3, 0.4) is 0 Å². The largest absolute Gasteiger partial charge is 0.411 e. The minimum Gasteiger partial charge on any atom is -0.411 e. The maximum atomic E-state index is 5.96. The van der Waals surface area contributed by atoms with Crippen molar-refractivity contribution in [3.8, 4) is 11.5 Å². The molecule has 0 amide bonds. The molecule has 1 heterocycles. The fourth-order valence-electron chi connectivity index (χ4n) is 2.86. The van der Waals surface area contributed by atoms with Gasteiger partial charge in [0.1, 0.15) is 0 Å². The molecule has 3 nitrogen and oxygen atoms in total. The summed E-state index contributed by atoms with van der Waals surface area (Å²) >= 11 is 1.58. The van der Waals surface area contributed by atoms with Crippen LogP contribution in [0.4, 0.5) is 0 Å². The highest BCUT2D eigenvalue weighted by Gasteiger charge is 2.20. The Morgan fingerprint density at radius 3 is 1.92 bits per heavy atom. The Labute approximate surface area is 157 Å². The molecule has 0 aliphatic heterocycles. The van der Waals surface area contributed by atoms with Crippen LogP contribution in [0.2, 0.25) is 0 Å². The van der Waals surface area contributed by atoms with Gasteiger partial charge in [-0.2, -0.15) is 0 Å². The fraction of sp³-hybridized carbons (Fsp3) is 0.0909. The standard InChI is InChI=1S/C22H18N2OS/c1-16-10-8-9-15-19(16)21-23-24-22(25-21)26-20(17-11-4-2-5-12-17)18-13-6-3-7-14-18/h2-15,20H,1H3. The minimum absolute atomic E-state index is 0.0996. The molecular weight excluding hydrogens is 340 g/mol. The lowest BCUT2D eigenvalue weighted by Gasteiger charge is -2.15. The maximum absolute atomic E-state index is 5.96. The minimum atomic E-state index is 0.0996. The van der Waals surface area contributed by atoms with E-state index in [0.717, 1.165) is 11.1 Å². The van der Waals surface area contributed by atoms with Crippen LogP contribution >= 0.6 is 11.8 Å². The predicted octanol–water partition coefficient (Wildman–Crippen LogP) is 5.93. The van der Waals surface area contributed by atoms with Crippen molar-refractivity contribution in [2.45, 2.75) is 17.4 Å². The molecule has 0 fully saturated rings. The SMILES string of the molecule is Cc1ccccc1-c1nnc(SC(c2ccccc2)c2ccccc2)o1. The van der Waals surface area contributed by atoms with E-state index in [-0.39, 0.29) is 5.25 Å². The van der Waals surface area contributed by atoms with E-state index in [1.54, 1.807) is 11.8 Å². The van der Waals surface area contributed by atoms with Gasteiger partial charge in [-0.25, -0.2) is 0 Å². The number of hydrogen-bond acceptors (Lipinski definition) is 4. The van der Waals surface area contributed by atoms with Crippen LogP contribution in [-0.4, -0.2) is 10.2 Å². The van der Waals surface area contributed by atoms with Crippen LogP contribution in [0.15, 0.2) is 94.6 Å². The van der Waals surface area contributed by atoms with Gasteiger partial charge < -0.3 is 4.42 Å². The molecule has 1 aromatic heterocycles. The third-order valence-corrected chi connectivity index (χ3v) is 5.35. The summed E-state index contributed by atoms with van der Waals surface area (Å²) in [6, 6.07) is 28.8. The molecule has 0 spiro atoms. The summed E-state index contributed by atoms with van der Waals surface area (Å²) in [7, 11) is 0. The number of nitrogens with zero attached hydrogens (tertiary/aromatic N) is 2. The van der Waals surface area contributed by atoms with Crippen molar-refractivity contribution >= 4 is 11.8 Å². The summed E-state index contributed by atoms with van der Waals surface area (Å²) in [4.78, 5) is 0. The highest BCUT2D eigenvalue weighted by atomic mass is 32.2. The zero-order chi connectivity index (χ0) is 17.8. The van der Waals surface area contributed by atoms with Gasteiger partial charge in [0.15, 0.2) is 0 Å². The summed E-state index contributed by atoms with van der Waals surface area (Å²) in [5, 5.41) is 9.19. The monoisotopic (exact) mass is 358 g/mol. The highest BCUT2D eigenvalue weighted by molar-refractivity contribution is 7.99. The number of thioether (sulfide) groups is 1. The molecule has 0 aliphatic rings. The summed E-state index contributed by atoms with van der Waals surface area (Å²) < 4.78 is 5.96. The zero-order valence-electron chi connectivity index (χ0n) is 14.4. The van der Waals surface area contributed by atoms with Crippen LogP contribution in [-0.2, 0) is 0 Å². The number of rotatable bonds is 5. The molecule has 0 N–H and O–H groups in total. The molecular formula is C22H18N2OS. The quantitative estimate of drug-likeness (QED) is 0.415. The van der Waals surface area contributed by atoms with Gasteiger partial charge in [0, 0.05) is 5.56 Å².